The van der Waals surface area contributed by atoms with E-state index in [-0.39, 0.29) is 0 Å². The van der Waals surface area contributed by atoms with Crippen molar-refractivity contribution in [1.29, 1.82) is 0 Å². The fourth-order valence-electron chi connectivity index (χ4n) is 0.0436. The molecule has 0 amide bonds. The van der Waals surface area contributed by atoms with E-state index in [1.165, 1.54) is 0 Å². The average Bonchev–Trinajstić information content (AvgIpc) is 1.30. The quantitative estimate of drug-likeness (QED) is 0.221. The second-order valence-corrected chi connectivity index (χ2v) is 1.57. The van der Waals surface area contributed by atoms with Gasteiger partial charge in [-0.1, -0.05) is 3.89 Å². The molecule has 0 atom stereocenters. The minimum Gasteiger partial charge on any atom is -0.186 e. The van der Waals surface area contributed by atoms with Crippen molar-refractivity contribution in [2.45, 2.75) is 0 Å². The summed E-state index contributed by atoms with van der Waals surface area (Å²) in [5, 5.41) is 0. The lowest BCUT2D eigenvalue weighted by Gasteiger charge is -1.66. The number of hydrogen-bond acceptors (Lipinski definition) is 2. The van der Waals surface area contributed by atoms with Gasteiger partial charge < -0.3 is 0 Å². The number of rotatable bonds is 1. The molecule has 7 heteroatoms. The molecule has 0 aliphatic heterocycles. The molecule has 0 N–H and O–H groups in total. The maximum atomic E-state index is 10.9. The lowest BCUT2D eigenvalue weighted by atomic mass is 13.0. The molecule has 0 radical (unpaired) electrons. The van der Waals surface area contributed by atoms with Crippen LogP contribution in [0.2, 0.25) is 0 Å². The topological polar surface area (TPSA) is 82.9 Å². The minimum atomic E-state index is -4.97. The van der Waals surface area contributed by atoms with E-state index in [0.29, 0.717) is 0 Å². The molecule has 0 saturated heterocycles. The lowest BCUT2D eigenvalue weighted by molar-refractivity contribution is 0.553. The van der Waals surface area contributed by atoms with Gasteiger partial charge in [0.2, 0.25) is 0 Å². The summed E-state index contributed by atoms with van der Waals surface area (Å²) < 4.78 is 31.0. The molecule has 0 bridgehead atoms. The van der Waals surface area contributed by atoms with Gasteiger partial charge in [0.1, 0.15) is 0 Å². The van der Waals surface area contributed by atoms with Crippen LogP contribution in [0, 0.1) is 0 Å². The molecule has 40 valence electrons. The zero-order valence-electron chi connectivity index (χ0n) is 2.94. The third kappa shape index (κ3) is 5.19. The summed E-state index contributed by atoms with van der Waals surface area (Å²) in [5.74, 6) is 0. The molecule has 0 aromatic carbocycles. The predicted octanol–water partition coefficient (Wildman–Crippen LogP) is 0.511. The molecule has 0 unspecified atom stereocenters. The van der Waals surface area contributed by atoms with Crippen LogP contribution in [-0.4, -0.2) is 8.42 Å². The van der Waals surface area contributed by atoms with E-state index < -0.39 is 10.4 Å². The van der Waals surface area contributed by atoms with Crippen LogP contribution < -0.4 is 0 Å². The second kappa shape index (κ2) is 1.76. The number of hydrogen-bond donors (Lipinski definition) is 0. The highest BCUT2D eigenvalue weighted by atomic mass is 32.3. The van der Waals surface area contributed by atoms with Crippen LogP contribution in [0.1, 0.15) is 0 Å². The van der Waals surface area contributed by atoms with Crippen LogP contribution in [-0.2, 0) is 10.4 Å². The standard InChI is InChI=1S/FN3O2S/c1-7(5,6)4-3-2. The van der Waals surface area contributed by atoms with Crippen molar-refractivity contribution in [1.82, 2.24) is 0 Å². The van der Waals surface area contributed by atoms with Crippen molar-refractivity contribution in [3.05, 3.63) is 10.4 Å². The van der Waals surface area contributed by atoms with Gasteiger partial charge in [-0.3, -0.25) is 0 Å². The largest absolute Gasteiger partial charge is 0.394 e. The van der Waals surface area contributed by atoms with E-state index in [9.17, 15) is 3.89 Å². The summed E-state index contributed by atoms with van der Waals surface area (Å²) in [6.07, 6.45) is 0. The Morgan fingerprint density at radius 1 is 1.71 bits per heavy atom. The summed E-state index contributed by atoms with van der Waals surface area (Å²) in [4.78, 5) is 1.67. The van der Waals surface area contributed by atoms with Crippen molar-refractivity contribution in [2.24, 2.45) is 4.52 Å². The van der Waals surface area contributed by atoms with E-state index >= 15 is 0 Å². The normalized spacial score (nSPS) is 9.86. The van der Waals surface area contributed by atoms with Crippen LogP contribution in [0.15, 0.2) is 4.52 Å². The first kappa shape index (κ1) is 6.19. The van der Waals surface area contributed by atoms with Gasteiger partial charge >= 0.3 is 10.4 Å². The Hall–Kier alpha value is -0.810. The average molecular weight is 125 g/mol. The SMILES string of the molecule is [N-]=[N+]=NS(=O)(=O)F. The Balaban J connectivity index is 4.44. The lowest BCUT2D eigenvalue weighted by Crippen LogP contribution is -1.76. The summed E-state index contributed by atoms with van der Waals surface area (Å²) in [7, 11) is -4.97. The fraction of sp³-hybridized carbons (Fsp3) is 0. The minimum absolute atomic E-state index is 1.67. The molecule has 0 aromatic rings. The van der Waals surface area contributed by atoms with Crippen LogP contribution in [0.4, 0.5) is 3.89 Å². The van der Waals surface area contributed by atoms with Crippen molar-refractivity contribution < 1.29 is 12.3 Å². The number of halogens is 1. The third-order valence-electron chi connectivity index (χ3n) is 0.134. The molecule has 0 spiro atoms. The van der Waals surface area contributed by atoms with Crippen molar-refractivity contribution >= 4 is 10.4 Å². The van der Waals surface area contributed by atoms with Crippen LogP contribution in [0.5, 0.6) is 0 Å². The molecule has 0 heterocycles. The predicted molar refractivity (Wildman–Crippen MR) is 19.2 cm³/mol. The van der Waals surface area contributed by atoms with Crippen molar-refractivity contribution in [3.8, 4) is 0 Å². The van der Waals surface area contributed by atoms with Gasteiger partial charge in [0, 0.05) is 4.91 Å². The number of nitrogens with zero attached hydrogens (tertiary/aromatic N) is 3. The zero-order valence-corrected chi connectivity index (χ0v) is 3.76. The highest BCUT2D eigenvalue weighted by Gasteiger charge is 1.97. The molecule has 0 saturated carbocycles. The maximum Gasteiger partial charge on any atom is 0.394 e. The summed E-state index contributed by atoms with van der Waals surface area (Å²) in [5.41, 5.74) is 7.24. The van der Waals surface area contributed by atoms with Crippen molar-refractivity contribution in [2.75, 3.05) is 0 Å². The van der Waals surface area contributed by atoms with Gasteiger partial charge in [0.05, 0.1) is 4.52 Å². The van der Waals surface area contributed by atoms with Gasteiger partial charge in [-0.2, -0.15) is 8.42 Å². The van der Waals surface area contributed by atoms with E-state index in [1.807, 2.05) is 0 Å². The Morgan fingerprint density at radius 3 is 2.14 bits per heavy atom. The van der Waals surface area contributed by atoms with Gasteiger partial charge in [0.25, 0.3) is 0 Å². The molecular weight excluding hydrogens is 125 g/mol. The first-order valence-corrected chi connectivity index (χ1v) is 2.41. The van der Waals surface area contributed by atoms with Gasteiger partial charge in [-0.25, -0.2) is 0 Å². The Kier molecular flexibility index (Phi) is 1.56. The van der Waals surface area contributed by atoms with E-state index in [0.717, 1.165) is 0 Å². The van der Waals surface area contributed by atoms with E-state index in [2.05, 4.69) is 0 Å². The molecule has 5 nitrogen and oxygen atoms in total. The summed E-state index contributed by atoms with van der Waals surface area (Å²) >= 11 is 0. The molecule has 7 heavy (non-hydrogen) atoms. The van der Waals surface area contributed by atoms with E-state index in [4.69, 9.17) is 13.9 Å². The van der Waals surface area contributed by atoms with Crippen LogP contribution in [0.25, 0.3) is 10.4 Å². The molecule has 0 aliphatic carbocycles. The Bertz CT molecular complexity index is 185. The number of azide groups is 1. The highest BCUT2D eigenvalue weighted by molar-refractivity contribution is 7.84. The first-order valence-electron chi connectivity index (χ1n) is 1.07. The van der Waals surface area contributed by atoms with Crippen LogP contribution in [0.3, 0.4) is 0 Å². The van der Waals surface area contributed by atoms with Crippen molar-refractivity contribution in [3.63, 3.8) is 0 Å². The highest BCUT2D eigenvalue weighted by Crippen LogP contribution is 1.89. The fourth-order valence-corrected chi connectivity index (χ4v) is 0.131. The Labute approximate surface area is 38.7 Å². The maximum absolute atomic E-state index is 10.9. The summed E-state index contributed by atoms with van der Waals surface area (Å²) in [6, 6.07) is 0. The van der Waals surface area contributed by atoms with Gasteiger partial charge in [-0.05, 0) is 5.53 Å². The molecule has 0 rings (SSSR count). The van der Waals surface area contributed by atoms with Crippen LogP contribution >= 0.6 is 0 Å². The molecular formula is FN3O2S. The molecule has 0 aliphatic rings. The van der Waals surface area contributed by atoms with Gasteiger partial charge in [0.15, 0.2) is 0 Å². The smallest absolute Gasteiger partial charge is 0.186 e. The van der Waals surface area contributed by atoms with E-state index in [1.54, 1.807) is 9.43 Å². The Morgan fingerprint density at radius 2 is 2.14 bits per heavy atom. The third-order valence-corrected chi connectivity index (χ3v) is 0.402. The summed E-state index contributed by atoms with van der Waals surface area (Å²) in [6.45, 7) is 0. The van der Waals surface area contributed by atoms with Gasteiger partial charge in [-0.15, -0.1) is 0 Å². The molecule has 0 fully saturated rings. The monoisotopic (exact) mass is 125 g/mol. The second-order valence-electron chi connectivity index (χ2n) is 0.583. The first-order chi connectivity index (χ1) is 3.06. The molecule has 0 aromatic heterocycles. The zero-order chi connectivity index (χ0) is 5.91.